The maximum atomic E-state index is 5.60. The van der Waals surface area contributed by atoms with Crippen molar-refractivity contribution in [3.05, 3.63) is 35.9 Å². The average Bonchev–Trinajstić information content (AvgIpc) is 2.17. The minimum atomic E-state index is 0.651. The fraction of sp³-hybridized carbons (Fsp3) is 0.400. The summed E-state index contributed by atoms with van der Waals surface area (Å²) in [5.74, 6) is 0.651. The zero-order valence-corrected chi connectivity index (χ0v) is 8.59. The van der Waals surface area contributed by atoms with E-state index in [9.17, 15) is 0 Å². The zero-order valence-electron chi connectivity index (χ0n) is 7.83. The van der Waals surface area contributed by atoms with Crippen LogP contribution in [-0.4, -0.2) is 24.5 Å². The minimum Gasteiger partial charge on any atom is -0.251 e. The molecule has 0 aliphatic rings. The van der Waals surface area contributed by atoms with Gasteiger partial charge in [-0.1, -0.05) is 30.3 Å². The summed E-state index contributed by atoms with van der Waals surface area (Å²) in [5, 5.41) is 2.00. The van der Waals surface area contributed by atoms with Crippen molar-refractivity contribution >= 4 is 11.6 Å². The normalized spacial score (nSPS) is 10.7. The van der Waals surface area contributed by atoms with Crippen molar-refractivity contribution in [1.82, 2.24) is 10.4 Å². The Hall–Kier alpha value is -0.570. The molecule has 0 amide bonds. The molecule has 0 atom stereocenters. The molecule has 0 bridgehead atoms. The second-order valence-electron chi connectivity index (χ2n) is 2.93. The van der Waals surface area contributed by atoms with E-state index in [1.807, 2.05) is 30.3 Å². The van der Waals surface area contributed by atoms with E-state index in [0.29, 0.717) is 5.88 Å². The van der Waals surface area contributed by atoms with E-state index < -0.39 is 0 Å². The van der Waals surface area contributed by atoms with Gasteiger partial charge in [0.1, 0.15) is 0 Å². The SMILES string of the molecule is CN(CCCl)NCc1ccccc1. The number of hydrogen-bond donors (Lipinski definition) is 1. The van der Waals surface area contributed by atoms with Crippen LogP contribution in [0.3, 0.4) is 0 Å². The predicted octanol–water partition coefficient (Wildman–Crippen LogP) is 1.86. The molecule has 1 rings (SSSR count). The van der Waals surface area contributed by atoms with Crippen LogP contribution in [-0.2, 0) is 6.54 Å². The van der Waals surface area contributed by atoms with Crippen molar-refractivity contribution in [3.63, 3.8) is 0 Å². The molecule has 0 aromatic heterocycles. The maximum absolute atomic E-state index is 5.60. The highest BCUT2D eigenvalue weighted by atomic mass is 35.5. The standard InChI is InChI=1S/C10H15ClN2/c1-13(8-7-11)12-9-10-5-3-2-4-6-10/h2-6,12H,7-9H2,1H3. The summed E-state index contributed by atoms with van der Waals surface area (Å²) in [6.07, 6.45) is 0. The van der Waals surface area contributed by atoms with Gasteiger partial charge in [-0.2, -0.15) is 0 Å². The van der Waals surface area contributed by atoms with Crippen LogP contribution < -0.4 is 5.43 Å². The highest BCUT2D eigenvalue weighted by molar-refractivity contribution is 6.18. The lowest BCUT2D eigenvalue weighted by Crippen LogP contribution is -2.35. The Labute approximate surface area is 84.5 Å². The van der Waals surface area contributed by atoms with Gasteiger partial charge in [-0.3, -0.25) is 5.43 Å². The molecule has 0 saturated heterocycles. The number of halogens is 1. The van der Waals surface area contributed by atoms with Crippen molar-refractivity contribution in [2.75, 3.05) is 19.5 Å². The second kappa shape index (κ2) is 5.97. The first-order valence-electron chi connectivity index (χ1n) is 4.37. The van der Waals surface area contributed by atoms with Crippen LogP contribution >= 0.6 is 11.6 Å². The number of nitrogens with one attached hydrogen (secondary N) is 1. The van der Waals surface area contributed by atoms with E-state index in [-0.39, 0.29) is 0 Å². The van der Waals surface area contributed by atoms with Gasteiger partial charge in [0, 0.05) is 26.0 Å². The monoisotopic (exact) mass is 198 g/mol. The summed E-state index contributed by atoms with van der Waals surface area (Å²) in [6.45, 7) is 1.71. The number of benzene rings is 1. The summed E-state index contributed by atoms with van der Waals surface area (Å²) in [6, 6.07) is 10.3. The minimum absolute atomic E-state index is 0.651. The van der Waals surface area contributed by atoms with Crippen LogP contribution in [0.1, 0.15) is 5.56 Å². The quantitative estimate of drug-likeness (QED) is 0.574. The summed E-state index contributed by atoms with van der Waals surface area (Å²) in [4.78, 5) is 0. The molecule has 0 heterocycles. The van der Waals surface area contributed by atoms with Crippen LogP contribution in [0.25, 0.3) is 0 Å². The maximum Gasteiger partial charge on any atom is 0.0365 e. The van der Waals surface area contributed by atoms with Gasteiger partial charge in [0.25, 0.3) is 0 Å². The number of hydrazine groups is 1. The molecule has 2 nitrogen and oxygen atoms in total. The third-order valence-corrected chi connectivity index (χ3v) is 1.98. The van der Waals surface area contributed by atoms with E-state index in [1.54, 1.807) is 0 Å². The van der Waals surface area contributed by atoms with Crippen LogP contribution in [0.5, 0.6) is 0 Å². The summed E-state index contributed by atoms with van der Waals surface area (Å²) in [7, 11) is 1.99. The van der Waals surface area contributed by atoms with Gasteiger partial charge in [-0.05, 0) is 5.56 Å². The molecule has 3 heteroatoms. The molecule has 72 valence electrons. The molecule has 0 aliphatic heterocycles. The molecule has 13 heavy (non-hydrogen) atoms. The van der Waals surface area contributed by atoms with Gasteiger partial charge in [0.15, 0.2) is 0 Å². The lowest BCUT2D eigenvalue weighted by Gasteiger charge is -2.16. The Morgan fingerprint density at radius 1 is 1.31 bits per heavy atom. The van der Waals surface area contributed by atoms with Gasteiger partial charge in [0.05, 0.1) is 0 Å². The van der Waals surface area contributed by atoms with Gasteiger partial charge in [0.2, 0.25) is 0 Å². The van der Waals surface area contributed by atoms with Crippen molar-refractivity contribution < 1.29 is 0 Å². The first-order valence-corrected chi connectivity index (χ1v) is 4.91. The van der Waals surface area contributed by atoms with Gasteiger partial charge in [-0.15, -0.1) is 11.6 Å². The Morgan fingerprint density at radius 3 is 2.62 bits per heavy atom. The van der Waals surface area contributed by atoms with Crippen molar-refractivity contribution in [2.24, 2.45) is 0 Å². The smallest absolute Gasteiger partial charge is 0.0365 e. The molecule has 0 unspecified atom stereocenters. The molecule has 0 radical (unpaired) electrons. The van der Waals surface area contributed by atoms with Crippen molar-refractivity contribution in [1.29, 1.82) is 0 Å². The molecule has 1 aromatic carbocycles. The van der Waals surface area contributed by atoms with Crippen molar-refractivity contribution in [3.8, 4) is 0 Å². The first-order chi connectivity index (χ1) is 6.33. The third kappa shape index (κ3) is 4.27. The number of rotatable bonds is 5. The average molecular weight is 199 g/mol. The lowest BCUT2D eigenvalue weighted by molar-refractivity contribution is 0.245. The fourth-order valence-corrected chi connectivity index (χ4v) is 1.28. The molecule has 1 N–H and O–H groups in total. The highest BCUT2D eigenvalue weighted by Crippen LogP contribution is 1.97. The van der Waals surface area contributed by atoms with E-state index >= 15 is 0 Å². The molecular weight excluding hydrogens is 184 g/mol. The Bertz CT molecular complexity index is 226. The largest absolute Gasteiger partial charge is 0.251 e. The van der Waals surface area contributed by atoms with Crippen LogP contribution in [0.4, 0.5) is 0 Å². The Morgan fingerprint density at radius 2 is 2.00 bits per heavy atom. The fourth-order valence-electron chi connectivity index (χ4n) is 1.03. The van der Waals surface area contributed by atoms with Crippen LogP contribution in [0.15, 0.2) is 30.3 Å². The molecule has 0 spiro atoms. The molecule has 1 aromatic rings. The van der Waals surface area contributed by atoms with Crippen molar-refractivity contribution in [2.45, 2.75) is 6.54 Å². The number of alkyl halides is 1. The summed E-state index contributed by atoms with van der Waals surface area (Å²) in [5.41, 5.74) is 4.53. The molecule has 0 saturated carbocycles. The predicted molar refractivity (Wildman–Crippen MR) is 56.6 cm³/mol. The van der Waals surface area contributed by atoms with Crippen LogP contribution in [0, 0.1) is 0 Å². The Kier molecular flexibility index (Phi) is 4.83. The first kappa shape index (κ1) is 10.5. The van der Waals surface area contributed by atoms with E-state index in [0.717, 1.165) is 13.1 Å². The van der Waals surface area contributed by atoms with E-state index in [1.165, 1.54) is 5.56 Å². The van der Waals surface area contributed by atoms with E-state index in [2.05, 4.69) is 17.6 Å². The zero-order chi connectivity index (χ0) is 9.52. The van der Waals surface area contributed by atoms with Gasteiger partial charge >= 0.3 is 0 Å². The van der Waals surface area contributed by atoms with E-state index in [4.69, 9.17) is 11.6 Å². The molecule has 0 fully saturated rings. The molecular formula is C10H15ClN2. The summed E-state index contributed by atoms with van der Waals surface area (Å²) < 4.78 is 0. The topological polar surface area (TPSA) is 15.3 Å². The van der Waals surface area contributed by atoms with Crippen LogP contribution in [0.2, 0.25) is 0 Å². The number of nitrogens with zero attached hydrogens (tertiary/aromatic N) is 1. The molecule has 0 aliphatic carbocycles. The summed E-state index contributed by atoms with van der Waals surface area (Å²) >= 11 is 5.60. The Balaban J connectivity index is 2.27. The second-order valence-corrected chi connectivity index (χ2v) is 3.31. The number of hydrogen-bond acceptors (Lipinski definition) is 2. The van der Waals surface area contributed by atoms with Gasteiger partial charge < -0.3 is 0 Å². The third-order valence-electron chi connectivity index (χ3n) is 1.82. The highest BCUT2D eigenvalue weighted by Gasteiger charge is 1.95. The van der Waals surface area contributed by atoms with Gasteiger partial charge in [-0.25, -0.2) is 5.01 Å². The lowest BCUT2D eigenvalue weighted by atomic mass is 10.2.